The number of benzene rings is 2. The van der Waals surface area contributed by atoms with Crippen LogP contribution in [0.4, 0.5) is 0 Å². The fourth-order valence-electron chi connectivity index (χ4n) is 2.77. The highest BCUT2D eigenvalue weighted by Crippen LogP contribution is 2.22. The molecule has 0 fully saturated rings. The van der Waals surface area contributed by atoms with Gasteiger partial charge < -0.3 is 15.2 Å². The number of carbonyl (C=O) groups excluding carboxylic acids is 1. The van der Waals surface area contributed by atoms with E-state index in [9.17, 15) is 14.7 Å². The Bertz CT molecular complexity index is 728. The summed E-state index contributed by atoms with van der Waals surface area (Å²) in [6, 6.07) is 14.6. The number of carboxylic acids is 1. The van der Waals surface area contributed by atoms with E-state index in [1.807, 2.05) is 37.3 Å². The molecule has 0 heterocycles. The number of carboxylic acid groups (broad SMARTS) is 1. The Labute approximate surface area is 147 Å². The monoisotopic (exact) mass is 341 g/mol. The molecule has 0 spiro atoms. The molecule has 0 unspecified atom stereocenters. The van der Waals surface area contributed by atoms with Gasteiger partial charge in [0.2, 0.25) is 5.91 Å². The fourth-order valence-corrected chi connectivity index (χ4v) is 2.77. The number of ether oxygens (including phenoxy) is 1. The third-order valence-electron chi connectivity index (χ3n) is 4.06. The molecule has 5 nitrogen and oxygen atoms in total. The Morgan fingerprint density at radius 3 is 2.48 bits per heavy atom. The largest absolute Gasteiger partial charge is 0.496 e. The first-order valence-electron chi connectivity index (χ1n) is 8.29. The second-order valence-corrected chi connectivity index (χ2v) is 5.81. The molecule has 0 aliphatic heterocycles. The van der Waals surface area contributed by atoms with Crippen LogP contribution in [0.1, 0.15) is 47.2 Å². The van der Waals surface area contributed by atoms with Crippen molar-refractivity contribution in [2.75, 3.05) is 7.11 Å². The van der Waals surface area contributed by atoms with Crippen LogP contribution in [0.3, 0.4) is 0 Å². The van der Waals surface area contributed by atoms with E-state index in [2.05, 4.69) is 5.32 Å². The third kappa shape index (κ3) is 4.83. The van der Waals surface area contributed by atoms with Crippen LogP contribution in [0, 0.1) is 0 Å². The van der Waals surface area contributed by atoms with Crippen molar-refractivity contribution >= 4 is 11.9 Å². The Kier molecular flexibility index (Phi) is 6.57. The summed E-state index contributed by atoms with van der Waals surface area (Å²) in [4.78, 5) is 23.9. The minimum absolute atomic E-state index is 0.0549. The maximum atomic E-state index is 12.6. The molecule has 0 aromatic heterocycles. The van der Waals surface area contributed by atoms with Gasteiger partial charge in [-0.3, -0.25) is 4.79 Å². The highest BCUT2D eigenvalue weighted by atomic mass is 16.5. The van der Waals surface area contributed by atoms with E-state index in [1.165, 1.54) is 13.2 Å². The zero-order chi connectivity index (χ0) is 18.2. The smallest absolute Gasteiger partial charge is 0.339 e. The summed E-state index contributed by atoms with van der Waals surface area (Å²) in [6.07, 6.45) is 1.66. The molecule has 2 aromatic rings. The quantitative estimate of drug-likeness (QED) is 0.769. The SMILES string of the molecule is CCC[C@@H](C(=O)NCc1ccc(OC)c(C(=O)O)c1)c1ccccc1. The van der Waals surface area contributed by atoms with Crippen LogP contribution < -0.4 is 10.1 Å². The molecular formula is C20H23NO4. The van der Waals surface area contributed by atoms with Crippen molar-refractivity contribution < 1.29 is 19.4 Å². The number of carbonyl (C=O) groups is 2. The average Bonchev–Trinajstić information content (AvgIpc) is 2.64. The van der Waals surface area contributed by atoms with Crippen LogP contribution in [0.2, 0.25) is 0 Å². The molecule has 0 bridgehead atoms. The van der Waals surface area contributed by atoms with Gasteiger partial charge in [-0.05, 0) is 29.7 Å². The van der Waals surface area contributed by atoms with Gasteiger partial charge in [-0.1, -0.05) is 49.7 Å². The average molecular weight is 341 g/mol. The lowest BCUT2D eigenvalue weighted by Gasteiger charge is -2.17. The maximum Gasteiger partial charge on any atom is 0.339 e. The standard InChI is InChI=1S/C20H23NO4/c1-3-7-16(15-8-5-4-6-9-15)19(22)21-13-14-10-11-18(25-2)17(12-14)20(23)24/h4-6,8-12,16H,3,7,13H2,1-2H3,(H,21,22)(H,23,24)/t16-/m1/s1. The fraction of sp³-hybridized carbons (Fsp3) is 0.300. The van der Waals surface area contributed by atoms with Gasteiger partial charge in [-0.25, -0.2) is 4.79 Å². The van der Waals surface area contributed by atoms with Crippen molar-refractivity contribution in [1.82, 2.24) is 5.32 Å². The van der Waals surface area contributed by atoms with Crippen molar-refractivity contribution in [2.45, 2.75) is 32.2 Å². The van der Waals surface area contributed by atoms with Crippen molar-refractivity contribution in [3.05, 3.63) is 65.2 Å². The maximum absolute atomic E-state index is 12.6. The molecule has 0 saturated heterocycles. The number of rotatable bonds is 8. The predicted molar refractivity (Wildman–Crippen MR) is 95.9 cm³/mol. The molecular weight excluding hydrogens is 318 g/mol. The molecule has 1 amide bonds. The van der Waals surface area contributed by atoms with Gasteiger partial charge in [-0.2, -0.15) is 0 Å². The molecule has 2 N–H and O–H groups in total. The molecule has 132 valence electrons. The van der Waals surface area contributed by atoms with Crippen molar-refractivity contribution in [1.29, 1.82) is 0 Å². The molecule has 1 atom stereocenters. The second-order valence-electron chi connectivity index (χ2n) is 5.81. The zero-order valence-electron chi connectivity index (χ0n) is 14.5. The van der Waals surface area contributed by atoms with Crippen LogP contribution in [-0.4, -0.2) is 24.1 Å². The minimum atomic E-state index is -1.06. The minimum Gasteiger partial charge on any atom is -0.496 e. The van der Waals surface area contributed by atoms with Crippen LogP contribution in [0.5, 0.6) is 5.75 Å². The number of methoxy groups -OCH3 is 1. The van der Waals surface area contributed by atoms with Gasteiger partial charge in [0.15, 0.2) is 0 Å². The third-order valence-corrected chi connectivity index (χ3v) is 4.06. The summed E-state index contributed by atoms with van der Waals surface area (Å²) >= 11 is 0. The summed E-state index contributed by atoms with van der Waals surface area (Å²) in [7, 11) is 1.43. The number of hydrogen-bond acceptors (Lipinski definition) is 3. The van der Waals surface area contributed by atoms with E-state index in [1.54, 1.807) is 12.1 Å². The number of aromatic carboxylic acids is 1. The van der Waals surface area contributed by atoms with Gasteiger partial charge in [-0.15, -0.1) is 0 Å². The van der Waals surface area contributed by atoms with Crippen molar-refractivity contribution in [3.63, 3.8) is 0 Å². The van der Waals surface area contributed by atoms with Gasteiger partial charge >= 0.3 is 5.97 Å². The molecule has 25 heavy (non-hydrogen) atoms. The first kappa shape index (κ1) is 18.5. The predicted octanol–water partition coefficient (Wildman–Crippen LogP) is 3.59. The van der Waals surface area contributed by atoms with Gasteiger partial charge in [0.25, 0.3) is 0 Å². The van der Waals surface area contributed by atoms with E-state index in [4.69, 9.17) is 4.74 Å². The Morgan fingerprint density at radius 2 is 1.88 bits per heavy atom. The lowest BCUT2D eigenvalue weighted by molar-refractivity contribution is -0.122. The Hall–Kier alpha value is -2.82. The van der Waals surface area contributed by atoms with E-state index < -0.39 is 5.97 Å². The molecule has 5 heteroatoms. The first-order chi connectivity index (χ1) is 12.1. The number of amides is 1. The van der Waals surface area contributed by atoms with E-state index >= 15 is 0 Å². The Balaban J connectivity index is 2.10. The van der Waals surface area contributed by atoms with E-state index in [0.29, 0.717) is 5.75 Å². The second kappa shape index (κ2) is 8.87. The molecule has 2 aromatic carbocycles. The highest BCUT2D eigenvalue weighted by molar-refractivity contribution is 5.91. The highest BCUT2D eigenvalue weighted by Gasteiger charge is 2.19. The molecule has 0 saturated carbocycles. The van der Waals surface area contributed by atoms with Crippen molar-refractivity contribution in [3.8, 4) is 5.75 Å². The summed E-state index contributed by atoms with van der Waals surface area (Å²) in [5.41, 5.74) is 1.79. The first-order valence-corrected chi connectivity index (χ1v) is 8.29. The summed E-state index contributed by atoms with van der Waals surface area (Å²) in [6.45, 7) is 2.32. The topological polar surface area (TPSA) is 75.6 Å². The van der Waals surface area contributed by atoms with Crippen molar-refractivity contribution in [2.24, 2.45) is 0 Å². The lowest BCUT2D eigenvalue weighted by Crippen LogP contribution is -2.29. The number of nitrogens with one attached hydrogen (secondary N) is 1. The van der Waals surface area contributed by atoms with E-state index in [0.717, 1.165) is 24.0 Å². The van der Waals surface area contributed by atoms with E-state index in [-0.39, 0.29) is 23.9 Å². The normalized spacial score (nSPS) is 11.6. The molecule has 0 radical (unpaired) electrons. The molecule has 0 aliphatic carbocycles. The molecule has 0 aliphatic rings. The van der Waals surface area contributed by atoms with Gasteiger partial charge in [0, 0.05) is 6.54 Å². The van der Waals surface area contributed by atoms with Crippen LogP contribution in [0.15, 0.2) is 48.5 Å². The molecule has 2 rings (SSSR count). The van der Waals surface area contributed by atoms with Crippen LogP contribution >= 0.6 is 0 Å². The lowest BCUT2D eigenvalue weighted by atomic mass is 9.93. The van der Waals surface area contributed by atoms with Gasteiger partial charge in [0.1, 0.15) is 11.3 Å². The summed E-state index contributed by atoms with van der Waals surface area (Å²) in [5, 5.41) is 12.2. The summed E-state index contributed by atoms with van der Waals surface area (Å²) in [5.74, 6) is -1.02. The van der Waals surface area contributed by atoms with Gasteiger partial charge in [0.05, 0.1) is 13.0 Å². The number of hydrogen-bond donors (Lipinski definition) is 2. The van der Waals surface area contributed by atoms with Crippen LogP contribution in [-0.2, 0) is 11.3 Å². The van der Waals surface area contributed by atoms with Crippen LogP contribution in [0.25, 0.3) is 0 Å². The summed E-state index contributed by atoms with van der Waals surface area (Å²) < 4.78 is 5.05. The Morgan fingerprint density at radius 1 is 1.16 bits per heavy atom. The zero-order valence-corrected chi connectivity index (χ0v) is 14.5.